The summed E-state index contributed by atoms with van der Waals surface area (Å²) in [6.45, 7) is 12.1. The number of carbonyl (C=O) groups is 1. The van der Waals surface area contributed by atoms with Gasteiger partial charge in [-0.2, -0.15) is 0 Å². The summed E-state index contributed by atoms with van der Waals surface area (Å²) in [7, 11) is 2.22. The fourth-order valence-electron chi connectivity index (χ4n) is 5.07. The van der Waals surface area contributed by atoms with Crippen molar-refractivity contribution >= 4 is 6.03 Å². The van der Waals surface area contributed by atoms with Crippen molar-refractivity contribution in [3.63, 3.8) is 0 Å². The van der Waals surface area contributed by atoms with Crippen LogP contribution in [0.15, 0.2) is 24.3 Å². The van der Waals surface area contributed by atoms with Crippen molar-refractivity contribution in [2.75, 3.05) is 39.8 Å². The van der Waals surface area contributed by atoms with Crippen LogP contribution in [0.5, 0.6) is 5.75 Å². The lowest BCUT2D eigenvalue weighted by atomic mass is 9.86. The maximum atomic E-state index is 12.5. The second-order valence-electron chi connectivity index (χ2n) is 10.8. The summed E-state index contributed by atoms with van der Waals surface area (Å²) in [6, 6.07) is 8.31. The van der Waals surface area contributed by atoms with Gasteiger partial charge in [0.15, 0.2) is 0 Å². The predicted octanol–water partition coefficient (Wildman–Crippen LogP) is 3.98. The van der Waals surface area contributed by atoms with Gasteiger partial charge in [0.25, 0.3) is 0 Å². The number of amides is 2. The highest BCUT2D eigenvalue weighted by molar-refractivity contribution is 5.75. The number of hydrogen-bond acceptors (Lipinski definition) is 3. The minimum Gasteiger partial charge on any atom is -0.493 e. The molecule has 1 aliphatic carbocycles. The number of urea groups is 1. The Morgan fingerprint density at radius 2 is 1.86 bits per heavy atom. The van der Waals surface area contributed by atoms with Gasteiger partial charge in [-0.3, -0.25) is 0 Å². The van der Waals surface area contributed by atoms with Gasteiger partial charge in [0.1, 0.15) is 5.75 Å². The van der Waals surface area contributed by atoms with E-state index in [0.717, 1.165) is 36.2 Å². The van der Waals surface area contributed by atoms with Crippen molar-refractivity contribution in [3.05, 3.63) is 29.8 Å². The molecule has 2 heterocycles. The zero-order valence-electron chi connectivity index (χ0n) is 18.5. The zero-order chi connectivity index (χ0) is 20.6. The molecule has 29 heavy (non-hydrogen) atoms. The average Bonchev–Trinajstić information content (AvgIpc) is 3.37. The van der Waals surface area contributed by atoms with Crippen molar-refractivity contribution in [1.82, 2.24) is 15.1 Å². The van der Waals surface area contributed by atoms with Gasteiger partial charge >= 0.3 is 6.03 Å². The number of rotatable bonds is 5. The van der Waals surface area contributed by atoms with E-state index >= 15 is 0 Å². The number of likely N-dealkylation sites (tertiary alicyclic amines) is 1. The molecule has 5 heteroatoms. The molecule has 2 saturated heterocycles. The Bertz CT molecular complexity index is 719. The molecule has 1 saturated carbocycles. The molecule has 2 atom stereocenters. The van der Waals surface area contributed by atoms with Crippen LogP contribution in [0.1, 0.15) is 45.6 Å². The van der Waals surface area contributed by atoms with Crippen LogP contribution in [0, 0.1) is 22.7 Å². The molecule has 3 fully saturated rings. The molecule has 2 amide bonds. The van der Waals surface area contributed by atoms with Gasteiger partial charge in [-0.1, -0.05) is 32.9 Å². The molecule has 4 rings (SSSR count). The van der Waals surface area contributed by atoms with E-state index in [1.165, 1.54) is 32.4 Å². The molecule has 1 spiro atoms. The van der Waals surface area contributed by atoms with Crippen molar-refractivity contribution in [3.8, 4) is 5.75 Å². The van der Waals surface area contributed by atoms with E-state index in [9.17, 15) is 4.79 Å². The maximum Gasteiger partial charge on any atom is 0.317 e. The standard InChI is InChI=1S/C24H37N3O2/c1-23(2,3)17-29-20-7-5-18(6-8-20)14-27-16-24(15-25-22(27)28)13-21(24)19-9-11-26(4)12-10-19/h5-8,19,21H,9-17H2,1-4H3,(H,25,28). The van der Waals surface area contributed by atoms with Crippen LogP contribution in [0.25, 0.3) is 0 Å². The molecule has 0 bridgehead atoms. The Morgan fingerprint density at radius 1 is 1.17 bits per heavy atom. The van der Waals surface area contributed by atoms with E-state index in [1.807, 2.05) is 17.0 Å². The second kappa shape index (κ2) is 7.82. The van der Waals surface area contributed by atoms with Gasteiger partial charge in [0, 0.05) is 25.0 Å². The molecule has 1 N–H and O–H groups in total. The van der Waals surface area contributed by atoms with Gasteiger partial charge in [-0.15, -0.1) is 0 Å². The lowest BCUT2D eigenvalue weighted by Crippen LogP contribution is -2.52. The first-order valence-electron chi connectivity index (χ1n) is 11.2. The Kier molecular flexibility index (Phi) is 5.54. The zero-order valence-corrected chi connectivity index (χ0v) is 18.5. The van der Waals surface area contributed by atoms with Gasteiger partial charge in [0.05, 0.1) is 6.61 Å². The van der Waals surface area contributed by atoms with Crippen LogP contribution in [0.4, 0.5) is 4.79 Å². The average molecular weight is 400 g/mol. The van der Waals surface area contributed by atoms with Crippen LogP contribution in [-0.4, -0.2) is 55.7 Å². The van der Waals surface area contributed by atoms with E-state index in [2.05, 4.69) is 50.2 Å². The lowest BCUT2D eigenvalue weighted by molar-refractivity contribution is 0.135. The number of nitrogens with zero attached hydrogens (tertiary/aromatic N) is 2. The van der Waals surface area contributed by atoms with E-state index in [0.29, 0.717) is 18.6 Å². The normalized spacial score (nSPS) is 28.5. The molecule has 160 valence electrons. The summed E-state index contributed by atoms with van der Waals surface area (Å²) < 4.78 is 5.87. The predicted molar refractivity (Wildman–Crippen MR) is 116 cm³/mol. The number of benzene rings is 1. The summed E-state index contributed by atoms with van der Waals surface area (Å²) in [5.74, 6) is 2.52. The highest BCUT2D eigenvalue weighted by Gasteiger charge is 2.59. The molecular formula is C24H37N3O2. The molecule has 1 aromatic rings. The minimum atomic E-state index is 0.0812. The Balaban J connectivity index is 1.33. The van der Waals surface area contributed by atoms with Crippen molar-refractivity contribution in [2.24, 2.45) is 22.7 Å². The van der Waals surface area contributed by atoms with E-state index < -0.39 is 0 Å². The summed E-state index contributed by atoms with van der Waals surface area (Å²) >= 11 is 0. The van der Waals surface area contributed by atoms with Crippen molar-refractivity contribution in [2.45, 2.75) is 46.6 Å². The number of hydrogen-bond donors (Lipinski definition) is 1. The largest absolute Gasteiger partial charge is 0.493 e. The van der Waals surface area contributed by atoms with Gasteiger partial charge in [-0.25, -0.2) is 4.79 Å². The fourth-order valence-corrected chi connectivity index (χ4v) is 5.07. The quantitative estimate of drug-likeness (QED) is 0.814. The SMILES string of the molecule is CN1CCC(C2CC23CNC(=O)N(Cc2ccc(OCC(C)(C)C)cc2)C3)CC1. The van der Waals surface area contributed by atoms with Crippen LogP contribution in [0.3, 0.4) is 0 Å². The number of piperidine rings is 1. The number of nitrogens with one attached hydrogen (secondary N) is 1. The summed E-state index contributed by atoms with van der Waals surface area (Å²) in [5.41, 5.74) is 1.62. The molecular weight excluding hydrogens is 362 g/mol. The molecule has 5 nitrogen and oxygen atoms in total. The Labute approximate surface area is 175 Å². The van der Waals surface area contributed by atoms with Crippen LogP contribution in [0.2, 0.25) is 0 Å². The first kappa shape index (κ1) is 20.5. The molecule has 0 aromatic heterocycles. The molecule has 3 aliphatic rings. The second-order valence-corrected chi connectivity index (χ2v) is 10.8. The highest BCUT2D eigenvalue weighted by Crippen LogP contribution is 2.59. The summed E-state index contributed by atoms with van der Waals surface area (Å²) in [6.07, 6.45) is 3.90. The van der Waals surface area contributed by atoms with Crippen molar-refractivity contribution in [1.29, 1.82) is 0 Å². The third-order valence-corrected chi connectivity index (χ3v) is 6.94. The summed E-state index contributed by atoms with van der Waals surface area (Å²) in [4.78, 5) is 17.0. The number of carbonyl (C=O) groups excluding carboxylic acids is 1. The fraction of sp³-hybridized carbons (Fsp3) is 0.708. The minimum absolute atomic E-state index is 0.0812. The van der Waals surface area contributed by atoms with E-state index in [4.69, 9.17) is 4.74 Å². The van der Waals surface area contributed by atoms with Crippen LogP contribution in [-0.2, 0) is 6.54 Å². The first-order valence-corrected chi connectivity index (χ1v) is 11.2. The Hall–Kier alpha value is -1.75. The van der Waals surface area contributed by atoms with Crippen molar-refractivity contribution < 1.29 is 9.53 Å². The first-order chi connectivity index (χ1) is 13.7. The van der Waals surface area contributed by atoms with Gasteiger partial charge < -0.3 is 19.9 Å². The van der Waals surface area contributed by atoms with E-state index in [-0.39, 0.29) is 11.4 Å². The van der Waals surface area contributed by atoms with Crippen LogP contribution < -0.4 is 10.1 Å². The van der Waals surface area contributed by atoms with Gasteiger partial charge in [-0.05, 0) is 74.3 Å². The Morgan fingerprint density at radius 3 is 2.52 bits per heavy atom. The third-order valence-electron chi connectivity index (χ3n) is 6.94. The monoisotopic (exact) mass is 399 g/mol. The smallest absolute Gasteiger partial charge is 0.317 e. The molecule has 2 unspecified atom stereocenters. The maximum absolute atomic E-state index is 12.5. The van der Waals surface area contributed by atoms with E-state index in [1.54, 1.807) is 0 Å². The molecule has 1 aromatic carbocycles. The lowest BCUT2D eigenvalue weighted by Gasteiger charge is -2.37. The summed E-state index contributed by atoms with van der Waals surface area (Å²) in [5, 5.41) is 3.18. The third kappa shape index (κ3) is 4.88. The van der Waals surface area contributed by atoms with Gasteiger partial charge in [0.2, 0.25) is 0 Å². The topological polar surface area (TPSA) is 44.8 Å². The molecule has 2 aliphatic heterocycles. The number of ether oxygens (including phenoxy) is 1. The molecule has 0 radical (unpaired) electrons. The highest BCUT2D eigenvalue weighted by atomic mass is 16.5. The van der Waals surface area contributed by atoms with Crippen LogP contribution >= 0.6 is 0 Å².